The molecule has 0 aromatic rings. The number of hydrogen-bond donors (Lipinski definition) is 0. The minimum Gasteiger partial charge on any atom is -0.462 e. The fourth-order valence-electron chi connectivity index (χ4n) is 10.3. The molecule has 0 amide bonds. The summed E-state index contributed by atoms with van der Waals surface area (Å²) in [5, 5.41) is 0. The van der Waals surface area contributed by atoms with Gasteiger partial charge in [0.15, 0.2) is 6.10 Å². The minimum absolute atomic E-state index is 0.0774. The summed E-state index contributed by atoms with van der Waals surface area (Å²) in [6.07, 6.45) is 90.5. The van der Waals surface area contributed by atoms with Gasteiger partial charge in [-0.1, -0.05) is 325 Å². The van der Waals surface area contributed by atoms with Crippen LogP contribution in [0.5, 0.6) is 0 Å². The molecule has 470 valence electrons. The molecule has 1 unspecified atom stereocenters. The summed E-state index contributed by atoms with van der Waals surface area (Å²) >= 11 is 0. The quantitative estimate of drug-likeness (QED) is 0.0261. The molecule has 0 aliphatic rings. The number of carbonyl (C=O) groups excluding carboxylic acids is 3. The molecule has 0 bridgehead atoms. The summed E-state index contributed by atoms with van der Waals surface area (Å²) in [6.45, 7) is 6.66. The van der Waals surface area contributed by atoms with Gasteiger partial charge in [-0.3, -0.25) is 14.4 Å². The van der Waals surface area contributed by atoms with E-state index in [1.807, 2.05) is 0 Å². The van der Waals surface area contributed by atoms with E-state index < -0.39 is 6.10 Å². The lowest BCUT2D eigenvalue weighted by molar-refractivity contribution is -0.167. The Hall–Kier alpha value is -3.15. The van der Waals surface area contributed by atoms with Crippen molar-refractivity contribution in [3.63, 3.8) is 0 Å². The van der Waals surface area contributed by atoms with E-state index in [1.165, 1.54) is 231 Å². The van der Waals surface area contributed by atoms with Crippen LogP contribution in [0.15, 0.2) is 72.9 Å². The number of allylic oxidation sites excluding steroid dienone is 12. The largest absolute Gasteiger partial charge is 0.462 e. The molecular formula is C75H134O6. The molecule has 0 saturated carbocycles. The topological polar surface area (TPSA) is 78.9 Å². The molecule has 0 aliphatic heterocycles. The normalized spacial score (nSPS) is 12.5. The van der Waals surface area contributed by atoms with Gasteiger partial charge in [0.25, 0.3) is 0 Å². The van der Waals surface area contributed by atoms with Crippen molar-refractivity contribution >= 4 is 17.9 Å². The second-order valence-electron chi connectivity index (χ2n) is 23.8. The number of unbranched alkanes of at least 4 members (excludes halogenated alkanes) is 42. The van der Waals surface area contributed by atoms with Crippen molar-refractivity contribution in [2.45, 2.75) is 374 Å². The summed E-state index contributed by atoms with van der Waals surface area (Å²) in [5.74, 6) is -0.870. The van der Waals surface area contributed by atoms with E-state index in [2.05, 4.69) is 93.7 Å². The zero-order chi connectivity index (χ0) is 58.5. The first-order valence-corrected chi connectivity index (χ1v) is 35.4. The van der Waals surface area contributed by atoms with Crippen LogP contribution in [0.25, 0.3) is 0 Å². The Labute approximate surface area is 503 Å². The van der Waals surface area contributed by atoms with E-state index in [4.69, 9.17) is 14.2 Å². The molecule has 0 aromatic heterocycles. The molecular weight excluding hydrogens is 997 g/mol. The number of hydrogen-bond acceptors (Lipinski definition) is 6. The third kappa shape index (κ3) is 67.5. The highest BCUT2D eigenvalue weighted by molar-refractivity contribution is 5.71. The Balaban J connectivity index is 4.38. The van der Waals surface area contributed by atoms with Crippen LogP contribution in [-0.2, 0) is 28.6 Å². The van der Waals surface area contributed by atoms with Crippen LogP contribution in [-0.4, -0.2) is 37.2 Å². The van der Waals surface area contributed by atoms with E-state index >= 15 is 0 Å². The zero-order valence-corrected chi connectivity index (χ0v) is 54.1. The van der Waals surface area contributed by atoms with E-state index in [9.17, 15) is 14.4 Å². The van der Waals surface area contributed by atoms with Gasteiger partial charge >= 0.3 is 17.9 Å². The zero-order valence-electron chi connectivity index (χ0n) is 54.1. The third-order valence-corrected chi connectivity index (χ3v) is 15.7. The van der Waals surface area contributed by atoms with Crippen LogP contribution < -0.4 is 0 Å². The first kappa shape index (κ1) is 77.9. The van der Waals surface area contributed by atoms with Crippen LogP contribution in [0.4, 0.5) is 0 Å². The number of carbonyl (C=O) groups is 3. The molecule has 0 spiro atoms. The highest BCUT2D eigenvalue weighted by Crippen LogP contribution is 2.17. The Morgan fingerprint density at radius 1 is 0.247 bits per heavy atom. The van der Waals surface area contributed by atoms with Crippen LogP contribution in [0.1, 0.15) is 367 Å². The standard InChI is InChI=1S/C75H134O6/c1-4-7-10-13-16-19-22-25-28-31-33-35-37-39-41-44-47-50-53-56-59-62-65-68-74(77)80-71-72(70-79-73(76)67-64-61-58-55-52-49-46-43-30-27-24-21-18-15-12-9-6-3)81-75(78)69-66-63-60-57-54-51-48-45-42-40-38-36-34-32-29-26-23-20-17-14-11-8-5-2/h22-23,25-26,31-34,37-40,72H,4-21,24,27-30,35-36,41-71H2,1-3H3/b25-22-,26-23-,33-31-,34-32-,39-37-,40-38-. The number of ether oxygens (including phenoxy) is 3. The molecule has 0 rings (SSSR count). The molecule has 6 nitrogen and oxygen atoms in total. The van der Waals surface area contributed by atoms with Crippen molar-refractivity contribution < 1.29 is 28.6 Å². The Morgan fingerprint density at radius 3 is 0.691 bits per heavy atom. The lowest BCUT2D eigenvalue weighted by Gasteiger charge is -2.18. The summed E-state index contributed by atoms with van der Waals surface area (Å²) < 4.78 is 17.0. The molecule has 0 radical (unpaired) electrons. The van der Waals surface area contributed by atoms with E-state index in [-0.39, 0.29) is 31.1 Å². The van der Waals surface area contributed by atoms with Gasteiger partial charge in [-0.15, -0.1) is 0 Å². The molecule has 0 saturated heterocycles. The maximum atomic E-state index is 13.0. The maximum absolute atomic E-state index is 13.0. The predicted octanol–water partition coefficient (Wildman–Crippen LogP) is 24.4. The van der Waals surface area contributed by atoms with Gasteiger partial charge < -0.3 is 14.2 Å². The molecule has 0 heterocycles. The Kier molecular flexibility index (Phi) is 66.6. The maximum Gasteiger partial charge on any atom is 0.306 e. The molecule has 0 aliphatic carbocycles. The predicted molar refractivity (Wildman–Crippen MR) is 353 cm³/mol. The summed E-state index contributed by atoms with van der Waals surface area (Å²) in [7, 11) is 0. The lowest BCUT2D eigenvalue weighted by Crippen LogP contribution is -2.30. The molecule has 0 fully saturated rings. The second-order valence-corrected chi connectivity index (χ2v) is 23.8. The highest BCUT2D eigenvalue weighted by atomic mass is 16.6. The monoisotopic (exact) mass is 1130 g/mol. The summed E-state index contributed by atoms with van der Waals surface area (Å²) in [4.78, 5) is 38.5. The smallest absolute Gasteiger partial charge is 0.306 e. The van der Waals surface area contributed by atoms with Crippen molar-refractivity contribution in [2.75, 3.05) is 13.2 Å². The van der Waals surface area contributed by atoms with Gasteiger partial charge in [-0.05, 0) is 96.3 Å². The molecule has 0 aromatic carbocycles. The van der Waals surface area contributed by atoms with Crippen molar-refractivity contribution in [3.05, 3.63) is 72.9 Å². The van der Waals surface area contributed by atoms with Gasteiger partial charge in [0.1, 0.15) is 13.2 Å². The summed E-state index contributed by atoms with van der Waals surface area (Å²) in [5.41, 5.74) is 0. The van der Waals surface area contributed by atoms with Crippen molar-refractivity contribution in [1.29, 1.82) is 0 Å². The number of esters is 3. The molecule has 0 N–H and O–H groups in total. The van der Waals surface area contributed by atoms with Crippen molar-refractivity contribution in [1.82, 2.24) is 0 Å². The second kappa shape index (κ2) is 69.3. The first-order chi connectivity index (χ1) is 40.0. The first-order valence-electron chi connectivity index (χ1n) is 35.4. The van der Waals surface area contributed by atoms with Crippen molar-refractivity contribution in [2.24, 2.45) is 0 Å². The highest BCUT2D eigenvalue weighted by Gasteiger charge is 2.19. The molecule has 1 atom stereocenters. The molecule has 6 heteroatoms. The average Bonchev–Trinajstić information content (AvgIpc) is 3.47. The van der Waals surface area contributed by atoms with Gasteiger partial charge in [-0.2, -0.15) is 0 Å². The SMILES string of the molecule is CCCCCCC/C=C\C/C=C\C/C=C\CCCCCCCCCCC(=O)OCC(COC(=O)CCCCCCCCCCCCCCCCCCC)OC(=O)CCCCCCCCCC/C=C\C/C=C\C/C=C\CCCCCCC. The van der Waals surface area contributed by atoms with E-state index in [0.29, 0.717) is 19.3 Å². The van der Waals surface area contributed by atoms with Gasteiger partial charge in [-0.25, -0.2) is 0 Å². The van der Waals surface area contributed by atoms with Crippen LogP contribution >= 0.6 is 0 Å². The van der Waals surface area contributed by atoms with E-state index in [1.54, 1.807) is 0 Å². The fourth-order valence-corrected chi connectivity index (χ4v) is 10.3. The van der Waals surface area contributed by atoms with Gasteiger partial charge in [0.2, 0.25) is 0 Å². The van der Waals surface area contributed by atoms with Crippen molar-refractivity contribution in [3.8, 4) is 0 Å². The van der Waals surface area contributed by atoms with Gasteiger partial charge in [0, 0.05) is 19.3 Å². The molecule has 81 heavy (non-hydrogen) atoms. The van der Waals surface area contributed by atoms with Crippen LogP contribution in [0.2, 0.25) is 0 Å². The summed E-state index contributed by atoms with van der Waals surface area (Å²) in [6, 6.07) is 0. The average molecular weight is 1130 g/mol. The van der Waals surface area contributed by atoms with Gasteiger partial charge in [0.05, 0.1) is 0 Å². The minimum atomic E-state index is -0.784. The van der Waals surface area contributed by atoms with E-state index in [0.717, 1.165) is 96.3 Å². The Morgan fingerprint density at radius 2 is 0.444 bits per heavy atom. The number of rotatable bonds is 65. The van der Waals surface area contributed by atoms with Crippen LogP contribution in [0.3, 0.4) is 0 Å². The fraction of sp³-hybridized carbons (Fsp3) is 0.800. The third-order valence-electron chi connectivity index (χ3n) is 15.7. The Bertz CT molecular complexity index is 1490. The van der Waals surface area contributed by atoms with Crippen LogP contribution in [0, 0.1) is 0 Å². The lowest BCUT2D eigenvalue weighted by atomic mass is 10.0.